The van der Waals surface area contributed by atoms with E-state index in [4.69, 9.17) is 5.73 Å². The third kappa shape index (κ3) is 2.90. The first-order valence-corrected chi connectivity index (χ1v) is 8.22. The molecular formula is C16H31N3. The van der Waals surface area contributed by atoms with Crippen molar-refractivity contribution in [3.05, 3.63) is 0 Å². The predicted molar refractivity (Wildman–Crippen MR) is 82.3 cm³/mol. The zero-order valence-corrected chi connectivity index (χ0v) is 13.0. The number of hydrogen-bond acceptors (Lipinski definition) is 3. The molecule has 1 aliphatic carbocycles. The molecule has 0 amide bonds. The van der Waals surface area contributed by atoms with Crippen LogP contribution in [0.4, 0.5) is 0 Å². The van der Waals surface area contributed by atoms with E-state index in [-0.39, 0.29) is 5.54 Å². The first-order chi connectivity index (χ1) is 9.13. The summed E-state index contributed by atoms with van der Waals surface area (Å²) in [7, 11) is 0. The quantitative estimate of drug-likeness (QED) is 0.845. The van der Waals surface area contributed by atoms with E-state index in [1.54, 1.807) is 0 Å². The molecule has 0 aromatic carbocycles. The predicted octanol–water partition coefficient (Wildman–Crippen LogP) is 3.53. The molecule has 3 atom stereocenters. The van der Waals surface area contributed by atoms with Crippen molar-refractivity contribution in [2.24, 2.45) is 16.6 Å². The SMILES string of the molecule is CCCC1CCCC2(CC1)CN=C(N)N2C(C)CC. The summed E-state index contributed by atoms with van der Waals surface area (Å²) in [5.74, 6) is 1.73. The smallest absolute Gasteiger partial charge is 0.192 e. The lowest BCUT2D eigenvalue weighted by atomic mass is 9.87. The van der Waals surface area contributed by atoms with Crippen molar-refractivity contribution in [2.45, 2.75) is 83.7 Å². The highest BCUT2D eigenvalue weighted by molar-refractivity contribution is 5.81. The standard InChI is InChI=1S/C16H31N3/c1-4-7-14-8-6-10-16(11-9-14)12-18-15(17)19(16)13(3)5-2/h13-14H,4-12H2,1-3H3,(H2,17,18). The number of guanidine groups is 1. The van der Waals surface area contributed by atoms with Gasteiger partial charge in [0, 0.05) is 6.04 Å². The van der Waals surface area contributed by atoms with Gasteiger partial charge in [-0.15, -0.1) is 0 Å². The van der Waals surface area contributed by atoms with Gasteiger partial charge in [0.25, 0.3) is 0 Å². The average Bonchev–Trinajstić information content (AvgIpc) is 2.59. The molecule has 110 valence electrons. The van der Waals surface area contributed by atoms with Gasteiger partial charge in [0.05, 0.1) is 12.1 Å². The second kappa shape index (κ2) is 6.15. The molecule has 3 heteroatoms. The molecule has 1 fully saturated rings. The lowest BCUT2D eigenvalue weighted by Crippen LogP contribution is -2.55. The fourth-order valence-corrected chi connectivity index (χ4v) is 4.06. The summed E-state index contributed by atoms with van der Waals surface area (Å²) in [6.45, 7) is 7.79. The molecule has 0 bridgehead atoms. The van der Waals surface area contributed by atoms with Crippen molar-refractivity contribution in [3.8, 4) is 0 Å². The van der Waals surface area contributed by atoms with Crippen LogP contribution in [0, 0.1) is 5.92 Å². The summed E-state index contributed by atoms with van der Waals surface area (Å²) in [6.07, 6.45) is 10.6. The van der Waals surface area contributed by atoms with Crippen LogP contribution in [0.25, 0.3) is 0 Å². The van der Waals surface area contributed by atoms with E-state index < -0.39 is 0 Å². The minimum atomic E-state index is 0.252. The van der Waals surface area contributed by atoms with Crippen LogP contribution in [-0.4, -0.2) is 29.0 Å². The van der Waals surface area contributed by atoms with E-state index in [2.05, 4.69) is 30.7 Å². The molecule has 0 saturated heterocycles. The molecule has 2 N–H and O–H groups in total. The van der Waals surface area contributed by atoms with E-state index in [1.165, 1.54) is 44.9 Å². The van der Waals surface area contributed by atoms with Crippen LogP contribution in [0.15, 0.2) is 4.99 Å². The van der Waals surface area contributed by atoms with Gasteiger partial charge in [-0.3, -0.25) is 4.99 Å². The third-order valence-corrected chi connectivity index (χ3v) is 5.29. The summed E-state index contributed by atoms with van der Waals surface area (Å²) in [6, 6.07) is 0.522. The molecule has 0 aromatic rings. The molecule has 0 aromatic heterocycles. The topological polar surface area (TPSA) is 41.6 Å². The number of nitrogens with zero attached hydrogens (tertiary/aromatic N) is 2. The van der Waals surface area contributed by atoms with Crippen molar-refractivity contribution in [1.29, 1.82) is 0 Å². The Bertz CT molecular complexity index is 326. The molecule has 0 radical (unpaired) electrons. The van der Waals surface area contributed by atoms with Crippen molar-refractivity contribution >= 4 is 5.96 Å². The van der Waals surface area contributed by atoms with Gasteiger partial charge in [-0.1, -0.05) is 39.5 Å². The second-order valence-corrected chi connectivity index (χ2v) is 6.61. The van der Waals surface area contributed by atoms with Gasteiger partial charge in [0.15, 0.2) is 5.96 Å². The summed E-state index contributed by atoms with van der Waals surface area (Å²) < 4.78 is 0. The highest BCUT2D eigenvalue weighted by Gasteiger charge is 2.44. The molecule has 1 aliphatic heterocycles. The fourth-order valence-electron chi connectivity index (χ4n) is 4.06. The number of nitrogens with two attached hydrogens (primary N) is 1. The Labute approximate surface area is 118 Å². The molecule has 3 unspecified atom stereocenters. The van der Waals surface area contributed by atoms with E-state index in [9.17, 15) is 0 Å². The Morgan fingerprint density at radius 1 is 1.37 bits per heavy atom. The van der Waals surface area contributed by atoms with E-state index >= 15 is 0 Å². The average molecular weight is 265 g/mol. The maximum Gasteiger partial charge on any atom is 0.192 e. The molecule has 1 saturated carbocycles. The van der Waals surface area contributed by atoms with Gasteiger partial charge in [0.2, 0.25) is 0 Å². The third-order valence-electron chi connectivity index (χ3n) is 5.29. The van der Waals surface area contributed by atoms with Gasteiger partial charge in [-0.2, -0.15) is 0 Å². The van der Waals surface area contributed by atoms with Gasteiger partial charge in [0.1, 0.15) is 0 Å². The lowest BCUT2D eigenvalue weighted by Gasteiger charge is -2.42. The van der Waals surface area contributed by atoms with Crippen LogP contribution in [0.1, 0.15) is 72.1 Å². The number of rotatable bonds is 4. The monoisotopic (exact) mass is 265 g/mol. The summed E-state index contributed by atoms with van der Waals surface area (Å²) >= 11 is 0. The Hall–Kier alpha value is -0.730. The van der Waals surface area contributed by atoms with Crippen molar-refractivity contribution in [2.75, 3.05) is 6.54 Å². The first kappa shape index (κ1) is 14.7. The Morgan fingerprint density at radius 3 is 2.84 bits per heavy atom. The van der Waals surface area contributed by atoms with E-state index in [0.717, 1.165) is 24.8 Å². The zero-order valence-electron chi connectivity index (χ0n) is 13.0. The van der Waals surface area contributed by atoms with Crippen molar-refractivity contribution in [3.63, 3.8) is 0 Å². The minimum absolute atomic E-state index is 0.252. The van der Waals surface area contributed by atoms with Crippen LogP contribution in [0.2, 0.25) is 0 Å². The maximum absolute atomic E-state index is 6.18. The molecule has 1 heterocycles. The molecule has 3 nitrogen and oxygen atoms in total. The normalized spacial score (nSPS) is 33.3. The molecular weight excluding hydrogens is 234 g/mol. The van der Waals surface area contributed by atoms with Crippen LogP contribution >= 0.6 is 0 Å². The zero-order chi connectivity index (χ0) is 13.9. The highest BCUT2D eigenvalue weighted by Crippen LogP contribution is 2.40. The molecule has 1 spiro atoms. The largest absolute Gasteiger partial charge is 0.370 e. The number of hydrogen-bond donors (Lipinski definition) is 1. The number of aliphatic imine (C=N–C) groups is 1. The summed E-state index contributed by atoms with van der Waals surface area (Å²) in [4.78, 5) is 7.06. The van der Waals surface area contributed by atoms with E-state index in [1.807, 2.05) is 0 Å². The van der Waals surface area contributed by atoms with Crippen LogP contribution in [-0.2, 0) is 0 Å². The Morgan fingerprint density at radius 2 is 2.16 bits per heavy atom. The maximum atomic E-state index is 6.18. The van der Waals surface area contributed by atoms with Gasteiger partial charge in [-0.05, 0) is 38.5 Å². The lowest BCUT2D eigenvalue weighted by molar-refractivity contribution is 0.131. The van der Waals surface area contributed by atoms with Gasteiger partial charge < -0.3 is 10.6 Å². The first-order valence-electron chi connectivity index (χ1n) is 8.22. The van der Waals surface area contributed by atoms with Crippen LogP contribution in [0.3, 0.4) is 0 Å². The minimum Gasteiger partial charge on any atom is -0.370 e. The van der Waals surface area contributed by atoms with Gasteiger partial charge in [-0.25, -0.2) is 0 Å². The van der Waals surface area contributed by atoms with E-state index in [0.29, 0.717) is 6.04 Å². The Balaban J connectivity index is 2.09. The molecule has 2 rings (SSSR count). The van der Waals surface area contributed by atoms with Gasteiger partial charge >= 0.3 is 0 Å². The van der Waals surface area contributed by atoms with Crippen molar-refractivity contribution < 1.29 is 0 Å². The Kier molecular flexibility index (Phi) is 4.75. The second-order valence-electron chi connectivity index (χ2n) is 6.61. The van der Waals surface area contributed by atoms with Crippen molar-refractivity contribution in [1.82, 2.24) is 4.90 Å². The summed E-state index contributed by atoms with van der Waals surface area (Å²) in [5, 5.41) is 0. The van der Waals surface area contributed by atoms with Crippen LogP contribution < -0.4 is 5.73 Å². The molecule has 19 heavy (non-hydrogen) atoms. The summed E-state index contributed by atoms with van der Waals surface area (Å²) in [5.41, 5.74) is 6.43. The van der Waals surface area contributed by atoms with Crippen LogP contribution in [0.5, 0.6) is 0 Å². The highest BCUT2D eigenvalue weighted by atomic mass is 15.4. The molecule has 2 aliphatic rings. The fraction of sp³-hybridized carbons (Fsp3) is 0.938.